The molecule has 1 saturated heterocycles. The molecule has 0 bridgehead atoms. The number of benzene rings is 1. The van der Waals surface area contributed by atoms with Crippen LogP contribution in [-0.2, 0) is 27.9 Å². The third kappa shape index (κ3) is 3.87. The zero-order chi connectivity index (χ0) is 21.3. The molecular weight excluding hydrogens is 406 g/mol. The molecule has 3 heterocycles. The molecule has 9 heteroatoms. The van der Waals surface area contributed by atoms with Gasteiger partial charge in [-0.2, -0.15) is 4.31 Å². The third-order valence-corrected chi connectivity index (χ3v) is 7.24. The number of aromatic nitrogens is 2. The fourth-order valence-corrected chi connectivity index (χ4v) is 5.32. The number of esters is 1. The molecule has 1 aliphatic rings. The number of nitrogens with zero attached hydrogens (tertiary/aromatic N) is 3. The Morgan fingerprint density at radius 3 is 2.60 bits per heavy atom. The summed E-state index contributed by atoms with van der Waals surface area (Å²) in [6, 6.07) is 8.26. The average molecular weight is 432 g/mol. The SMILES string of the molecule is CCn1c(COC(=O)c2ccc(C)o2)nc2cc(S(=O)(=O)N3CCCCC3)ccc21. The van der Waals surface area contributed by atoms with Gasteiger partial charge >= 0.3 is 5.97 Å². The van der Waals surface area contributed by atoms with Crippen molar-refractivity contribution in [2.75, 3.05) is 13.1 Å². The number of carbonyl (C=O) groups is 1. The molecule has 1 aromatic carbocycles. The van der Waals surface area contributed by atoms with E-state index in [9.17, 15) is 13.2 Å². The minimum Gasteiger partial charge on any atom is -0.454 e. The summed E-state index contributed by atoms with van der Waals surface area (Å²) in [7, 11) is -3.54. The van der Waals surface area contributed by atoms with Crippen LogP contribution in [0.4, 0.5) is 0 Å². The van der Waals surface area contributed by atoms with Gasteiger partial charge in [0.1, 0.15) is 18.2 Å². The molecule has 8 nitrogen and oxygen atoms in total. The minimum atomic E-state index is -3.54. The van der Waals surface area contributed by atoms with Gasteiger partial charge in [-0.05, 0) is 57.0 Å². The predicted octanol–water partition coefficient (Wildman–Crippen LogP) is 3.49. The summed E-state index contributed by atoms with van der Waals surface area (Å²) < 4.78 is 40.0. The van der Waals surface area contributed by atoms with E-state index >= 15 is 0 Å². The van der Waals surface area contributed by atoms with Crippen molar-refractivity contribution >= 4 is 27.0 Å². The number of hydrogen-bond donors (Lipinski definition) is 0. The summed E-state index contributed by atoms with van der Waals surface area (Å²) in [5.74, 6) is 0.759. The van der Waals surface area contributed by atoms with Crippen molar-refractivity contribution in [1.82, 2.24) is 13.9 Å². The summed E-state index contributed by atoms with van der Waals surface area (Å²) in [5, 5.41) is 0. The van der Waals surface area contributed by atoms with Crippen LogP contribution in [-0.4, -0.2) is 41.3 Å². The summed E-state index contributed by atoms with van der Waals surface area (Å²) in [6.07, 6.45) is 2.83. The topological polar surface area (TPSA) is 94.6 Å². The van der Waals surface area contributed by atoms with E-state index in [4.69, 9.17) is 9.15 Å². The molecule has 0 N–H and O–H groups in total. The normalized spacial score (nSPS) is 15.5. The number of piperidine rings is 1. The van der Waals surface area contributed by atoms with Gasteiger partial charge in [0.15, 0.2) is 0 Å². The first-order chi connectivity index (χ1) is 14.4. The van der Waals surface area contributed by atoms with E-state index < -0.39 is 16.0 Å². The standard InChI is InChI=1S/C21H25N3O5S/c1-3-24-18-9-8-16(30(26,27)23-11-5-4-6-12-23)13-17(18)22-20(24)14-28-21(25)19-10-7-15(2)29-19/h7-10,13H,3-6,11-12,14H2,1-2H3. The van der Waals surface area contributed by atoms with Crippen LogP contribution < -0.4 is 0 Å². The molecule has 160 valence electrons. The highest BCUT2D eigenvalue weighted by molar-refractivity contribution is 7.89. The maximum absolute atomic E-state index is 13.0. The largest absolute Gasteiger partial charge is 0.454 e. The van der Waals surface area contributed by atoms with Crippen molar-refractivity contribution in [1.29, 1.82) is 0 Å². The number of ether oxygens (including phenoxy) is 1. The minimum absolute atomic E-state index is 0.0324. The van der Waals surface area contributed by atoms with Crippen LogP contribution in [0, 0.1) is 6.92 Å². The number of aryl methyl sites for hydroxylation is 2. The lowest BCUT2D eigenvalue weighted by atomic mass is 10.2. The molecule has 0 amide bonds. The van der Waals surface area contributed by atoms with Crippen LogP contribution >= 0.6 is 0 Å². The van der Waals surface area contributed by atoms with E-state index in [1.54, 1.807) is 41.6 Å². The molecule has 1 aliphatic heterocycles. The molecule has 0 atom stereocenters. The molecular formula is C21H25N3O5S. The van der Waals surface area contributed by atoms with Gasteiger partial charge in [-0.15, -0.1) is 0 Å². The monoisotopic (exact) mass is 431 g/mol. The van der Waals surface area contributed by atoms with Gasteiger partial charge in [0.25, 0.3) is 0 Å². The van der Waals surface area contributed by atoms with Gasteiger partial charge in [0.05, 0.1) is 15.9 Å². The Balaban J connectivity index is 1.59. The van der Waals surface area contributed by atoms with Crippen molar-refractivity contribution in [2.45, 2.75) is 51.2 Å². The summed E-state index contributed by atoms with van der Waals surface area (Å²) in [6.45, 7) is 5.40. The average Bonchev–Trinajstić information content (AvgIpc) is 3.35. The Kier molecular flexibility index (Phi) is 5.66. The van der Waals surface area contributed by atoms with Crippen LogP contribution in [0.2, 0.25) is 0 Å². The first-order valence-corrected chi connectivity index (χ1v) is 11.6. The fourth-order valence-electron chi connectivity index (χ4n) is 3.78. The molecule has 2 aromatic heterocycles. The summed E-state index contributed by atoms with van der Waals surface area (Å²) in [5.41, 5.74) is 1.37. The van der Waals surface area contributed by atoms with E-state index in [1.807, 2.05) is 11.5 Å². The Hall–Kier alpha value is -2.65. The van der Waals surface area contributed by atoms with Crippen molar-refractivity contribution in [3.05, 3.63) is 47.7 Å². The van der Waals surface area contributed by atoms with E-state index in [0.29, 0.717) is 36.7 Å². The van der Waals surface area contributed by atoms with Crippen molar-refractivity contribution in [2.24, 2.45) is 0 Å². The van der Waals surface area contributed by atoms with Gasteiger partial charge < -0.3 is 13.7 Å². The predicted molar refractivity (Wildman–Crippen MR) is 111 cm³/mol. The molecule has 4 rings (SSSR count). The van der Waals surface area contributed by atoms with Crippen LogP contribution in [0.25, 0.3) is 11.0 Å². The summed E-state index contributed by atoms with van der Waals surface area (Å²) >= 11 is 0. The van der Waals surface area contributed by atoms with Crippen LogP contribution in [0.15, 0.2) is 39.6 Å². The number of rotatable bonds is 6. The third-order valence-electron chi connectivity index (χ3n) is 5.34. The zero-order valence-electron chi connectivity index (χ0n) is 17.1. The first-order valence-electron chi connectivity index (χ1n) is 10.1. The maximum Gasteiger partial charge on any atom is 0.374 e. The highest BCUT2D eigenvalue weighted by Gasteiger charge is 2.26. The van der Waals surface area contributed by atoms with E-state index in [0.717, 1.165) is 24.8 Å². The Morgan fingerprint density at radius 2 is 1.93 bits per heavy atom. The molecule has 0 radical (unpaired) electrons. The number of sulfonamides is 1. The van der Waals surface area contributed by atoms with Crippen LogP contribution in [0.3, 0.4) is 0 Å². The Labute approximate surface area is 175 Å². The van der Waals surface area contributed by atoms with Crippen molar-refractivity contribution in [3.63, 3.8) is 0 Å². The number of imidazole rings is 1. The van der Waals surface area contributed by atoms with Gasteiger partial charge in [0.2, 0.25) is 15.8 Å². The van der Waals surface area contributed by atoms with Gasteiger partial charge in [-0.25, -0.2) is 18.2 Å². The highest BCUT2D eigenvalue weighted by atomic mass is 32.2. The number of fused-ring (bicyclic) bond motifs is 1. The van der Waals surface area contributed by atoms with Gasteiger partial charge in [-0.3, -0.25) is 0 Å². The Morgan fingerprint density at radius 1 is 1.17 bits per heavy atom. The van der Waals surface area contributed by atoms with Gasteiger partial charge in [-0.1, -0.05) is 6.42 Å². The molecule has 0 aliphatic carbocycles. The molecule has 30 heavy (non-hydrogen) atoms. The second-order valence-electron chi connectivity index (χ2n) is 7.37. The van der Waals surface area contributed by atoms with E-state index in [2.05, 4.69) is 4.98 Å². The molecule has 0 saturated carbocycles. The highest BCUT2D eigenvalue weighted by Crippen LogP contribution is 2.25. The van der Waals surface area contributed by atoms with Crippen molar-refractivity contribution < 1.29 is 22.4 Å². The van der Waals surface area contributed by atoms with E-state index in [1.165, 1.54) is 0 Å². The number of carbonyl (C=O) groups excluding carboxylic acids is 1. The van der Waals surface area contributed by atoms with Gasteiger partial charge in [0, 0.05) is 19.6 Å². The smallest absolute Gasteiger partial charge is 0.374 e. The zero-order valence-corrected chi connectivity index (χ0v) is 17.9. The lowest BCUT2D eigenvalue weighted by Crippen LogP contribution is -2.35. The fraction of sp³-hybridized carbons (Fsp3) is 0.429. The maximum atomic E-state index is 13.0. The van der Waals surface area contributed by atoms with Crippen molar-refractivity contribution in [3.8, 4) is 0 Å². The van der Waals surface area contributed by atoms with Crippen LogP contribution in [0.5, 0.6) is 0 Å². The van der Waals surface area contributed by atoms with E-state index in [-0.39, 0.29) is 17.3 Å². The molecule has 0 unspecified atom stereocenters. The first kappa shape index (κ1) is 20.6. The number of hydrogen-bond acceptors (Lipinski definition) is 6. The summed E-state index contributed by atoms with van der Waals surface area (Å²) in [4.78, 5) is 17.0. The lowest BCUT2D eigenvalue weighted by molar-refractivity contribution is 0.0421. The molecule has 3 aromatic rings. The van der Waals surface area contributed by atoms with Crippen LogP contribution in [0.1, 0.15) is 48.3 Å². The Bertz CT molecular complexity index is 1170. The number of furan rings is 1. The molecule has 1 fully saturated rings. The second kappa shape index (κ2) is 8.23. The quantitative estimate of drug-likeness (QED) is 0.555. The second-order valence-corrected chi connectivity index (χ2v) is 9.31. The lowest BCUT2D eigenvalue weighted by Gasteiger charge is -2.25. The molecule has 0 spiro atoms.